The standard InChI is InChI=1S/C60H100O6/c1-4-7-10-13-16-19-22-25-27-29-30-32-33-35-38-41-44-47-50-53-59(62)65-56-57(55-64-58(61)52-49-46-43-40-37-24-21-18-15-12-9-6-3)66-60(63)54-51-48-45-42-39-36-34-31-28-26-23-20-17-14-11-8-5-2/h16-17,19-20,25-28,30,32,34-36,38,42,45,57H,4-15,18,21-24,29,31,33,37,39-41,43-44,46-56H2,1-3H3/b19-16-,20-17-,27-25-,28-26-,32-30-,36-34-,38-35-,45-42-/t57-/m0/s1. The molecule has 0 saturated carbocycles. The van der Waals surface area contributed by atoms with Gasteiger partial charge in [-0.1, -0.05) is 221 Å². The molecule has 0 rings (SSSR count). The molecule has 0 unspecified atom stereocenters. The first-order chi connectivity index (χ1) is 32.5. The second-order valence-electron chi connectivity index (χ2n) is 17.8. The Labute approximate surface area is 407 Å². The van der Waals surface area contributed by atoms with Crippen LogP contribution < -0.4 is 0 Å². The van der Waals surface area contributed by atoms with E-state index in [9.17, 15) is 14.4 Å². The maximum Gasteiger partial charge on any atom is 0.306 e. The van der Waals surface area contributed by atoms with E-state index < -0.39 is 6.10 Å². The number of carbonyl (C=O) groups is 3. The molecule has 0 aromatic carbocycles. The van der Waals surface area contributed by atoms with Gasteiger partial charge < -0.3 is 14.2 Å². The van der Waals surface area contributed by atoms with Crippen molar-refractivity contribution in [1.82, 2.24) is 0 Å². The Hall–Kier alpha value is -3.67. The molecule has 0 aliphatic heterocycles. The average molecular weight is 917 g/mol. The fourth-order valence-corrected chi connectivity index (χ4v) is 7.18. The van der Waals surface area contributed by atoms with E-state index in [0.29, 0.717) is 19.3 Å². The van der Waals surface area contributed by atoms with Gasteiger partial charge in [-0.25, -0.2) is 0 Å². The molecule has 376 valence electrons. The van der Waals surface area contributed by atoms with E-state index >= 15 is 0 Å². The van der Waals surface area contributed by atoms with Gasteiger partial charge in [0, 0.05) is 19.3 Å². The fourth-order valence-electron chi connectivity index (χ4n) is 7.18. The molecule has 66 heavy (non-hydrogen) atoms. The minimum Gasteiger partial charge on any atom is -0.462 e. The number of rotatable bonds is 48. The molecule has 0 aliphatic rings. The Balaban J connectivity index is 4.52. The summed E-state index contributed by atoms with van der Waals surface area (Å²) in [5, 5.41) is 0. The summed E-state index contributed by atoms with van der Waals surface area (Å²) in [4.78, 5) is 38.0. The van der Waals surface area contributed by atoms with E-state index in [2.05, 4.69) is 118 Å². The Morgan fingerprint density at radius 3 is 0.924 bits per heavy atom. The van der Waals surface area contributed by atoms with Gasteiger partial charge in [0.1, 0.15) is 13.2 Å². The second-order valence-corrected chi connectivity index (χ2v) is 17.8. The summed E-state index contributed by atoms with van der Waals surface area (Å²) < 4.78 is 16.7. The van der Waals surface area contributed by atoms with E-state index in [0.717, 1.165) is 89.9 Å². The molecule has 1 atom stereocenters. The quantitative estimate of drug-likeness (QED) is 0.0262. The predicted molar refractivity (Wildman–Crippen MR) is 284 cm³/mol. The van der Waals surface area contributed by atoms with Crippen LogP contribution in [-0.2, 0) is 28.6 Å². The lowest BCUT2D eigenvalue weighted by molar-refractivity contribution is -0.167. The van der Waals surface area contributed by atoms with Crippen LogP contribution in [0.1, 0.15) is 245 Å². The summed E-state index contributed by atoms with van der Waals surface area (Å²) in [5.41, 5.74) is 0. The highest BCUT2D eigenvalue weighted by Crippen LogP contribution is 2.14. The summed E-state index contributed by atoms with van der Waals surface area (Å²) in [5.74, 6) is -0.998. The van der Waals surface area contributed by atoms with Gasteiger partial charge in [-0.05, 0) is 103 Å². The third kappa shape index (κ3) is 51.3. The van der Waals surface area contributed by atoms with Crippen LogP contribution in [0, 0.1) is 0 Å². The fraction of sp³-hybridized carbons (Fsp3) is 0.683. The topological polar surface area (TPSA) is 78.9 Å². The Bertz CT molecular complexity index is 1330. The summed E-state index contributed by atoms with van der Waals surface area (Å²) >= 11 is 0. The molecular formula is C60H100O6. The van der Waals surface area contributed by atoms with Gasteiger partial charge in [0.15, 0.2) is 6.10 Å². The number of hydrogen-bond donors (Lipinski definition) is 0. The van der Waals surface area contributed by atoms with Crippen LogP contribution in [0.2, 0.25) is 0 Å². The van der Waals surface area contributed by atoms with Crippen LogP contribution in [0.15, 0.2) is 97.2 Å². The van der Waals surface area contributed by atoms with Crippen molar-refractivity contribution in [2.45, 2.75) is 252 Å². The monoisotopic (exact) mass is 917 g/mol. The first kappa shape index (κ1) is 62.3. The van der Waals surface area contributed by atoms with Gasteiger partial charge >= 0.3 is 17.9 Å². The Morgan fingerprint density at radius 1 is 0.303 bits per heavy atom. The molecule has 0 fully saturated rings. The Kier molecular flexibility index (Phi) is 50.9. The maximum absolute atomic E-state index is 12.8. The van der Waals surface area contributed by atoms with E-state index in [1.54, 1.807) is 0 Å². The summed E-state index contributed by atoms with van der Waals surface area (Å²) in [6.07, 6.45) is 71.1. The second kappa shape index (κ2) is 53.9. The zero-order chi connectivity index (χ0) is 47.9. The van der Waals surface area contributed by atoms with E-state index in [-0.39, 0.29) is 37.5 Å². The largest absolute Gasteiger partial charge is 0.462 e. The number of hydrogen-bond acceptors (Lipinski definition) is 6. The average Bonchev–Trinajstić information content (AvgIpc) is 3.31. The van der Waals surface area contributed by atoms with Crippen molar-refractivity contribution in [1.29, 1.82) is 0 Å². The number of unbranched alkanes of at least 4 members (excludes halogenated alkanes) is 21. The molecule has 6 nitrogen and oxygen atoms in total. The zero-order valence-electron chi connectivity index (χ0n) is 42.9. The van der Waals surface area contributed by atoms with Gasteiger partial charge in [0.05, 0.1) is 0 Å². The molecule has 6 heteroatoms. The van der Waals surface area contributed by atoms with Crippen LogP contribution in [0.5, 0.6) is 0 Å². The van der Waals surface area contributed by atoms with E-state index in [1.165, 1.54) is 109 Å². The van der Waals surface area contributed by atoms with Crippen LogP contribution in [-0.4, -0.2) is 37.2 Å². The van der Waals surface area contributed by atoms with Gasteiger partial charge in [0.2, 0.25) is 0 Å². The molecule has 0 aromatic rings. The lowest BCUT2D eigenvalue weighted by atomic mass is 10.0. The van der Waals surface area contributed by atoms with Crippen molar-refractivity contribution in [3.63, 3.8) is 0 Å². The van der Waals surface area contributed by atoms with Crippen molar-refractivity contribution in [2.75, 3.05) is 13.2 Å². The summed E-state index contributed by atoms with van der Waals surface area (Å²) in [6, 6.07) is 0. The van der Waals surface area contributed by atoms with Crippen LogP contribution in [0.4, 0.5) is 0 Å². The first-order valence-corrected chi connectivity index (χ1v) is 27.2. The third-order valence-electron chi connectivity index (χ3n) is 11.3. The molecule has 0 aliphatic carbocycles. The predicted octanol–water partition coefficient (Wildman–Crippen LogP) is 18.1. The highest BCUT2D eigenvalue weighted by atomic mass is 16.6. The molecule has 0 amide bonds. The van der Waals surface area contributed by atoms with Crippen molar-refractivity contribution >= 4 is 17.9 Å². The number of esters is 3. The van der Waals surface area contributed by atoms with E-state index in [1.807, 2.05) is 0 Å². The molecule has 0 saturated heterocycles. The molecule has 0 radical (unpaired) electrons. The molecular weight excluding hydrogens is 817 g/mol. The lowest BCUT2D eigenvalue weighted by Gasteiger charge is -2.18. The highest BCUT2D eigenvalue weighted by molar-refractivity contribution is 5.71. The number of ether oxygens (including phenoxy) is 3. The molecule has 0 bridgehead atoms. The van der Waals surface area contributed by atoms with Gasteiger partial charge in [-0.15, -0.1) is 0 Å². The first-order valence-electron chi connectivity index (χ1n) is 27.2. The van der Waals surface area contributed by atoms with Crippen molar-refractivity contribution in [3.8, 4) is 0 Å². The maximum atomic E-state index is 12.8. The van der Waals surface area contributed by atoms with Crippen molar-refractivity contribution in [2.24, 2.45) is 0 Å². The third-order valence-corrected chi connectivity index (χ3v) is 11.3. The van der Waals surface area contributed by atoms with Crippen LogP contribution in [0.25, 0.3) is 0 Å². The normalized spacial score (nSPS) is 12.8. The van der Waals surface area contributed by atoms with Crippen LogP contribution in [0.3, 0.4) is 0 Å². The van der Waals surface area contributed by atoms with Crippen molar-refractivity contribution in [3.05, 3.63) is 97.2 Å². The molecule has 0 aromatic heterocycles. The zero-order valence-corrected chi connectivity index (χ0v) is 42.9. The van der Waals surface area contributed by atoms with Gasteiger partial charge in [-0.3, -0.25) is 14.4 Å². The SMILES string of the molecule is CCCCC/C=C\C/C=C\C/C=C\C/C=C\CCCCCC(=O)OC[C@H](COC(=O)CCCCCCCCCCCCCC)OC(=O)CCC/C=C\C/C=C\C/C=C\C/C=C\CCCCC. The minimum absolute atomic E-state index is 0.109. The molecule has 0 heterocycles. The van der Waals surface area contributed by atoms with Crippen molar-refractivity contribution < 1.29 is 28.6 Å². The van der Waals surface area contributed by atoms with Gasteiger partial charge in [-0.2, -0.15) is 0 Å². The Morgan fingerprint density at radius 2 is 0.561 bits per heavy atom. The number of allylic oxidation sites excluding steroid dienone is 16. The van der Waals surface area contributed by atoms with E-state index in [4.69, 9.17) is 14.2 Å². The van der Waals surface area contributed by atoms with Crippen LogP contribution >= 0.6 is 0 Å². The molecule has 0 spiro atoms. The molecule has 0 N–H and O–H groups in total. The van der Waals surface area contributed by atoms with Gasteiger partial charge in [0.25, 0.3) is 0 Å². The lowest BCUT2D eigenvalue weighted by Crippen LogP contribution is -2.30. The summed E-state index contributed by atoms with van der Waals surface area (Å²) in [6.45, 7) is 6.50. The summed E-state index contributed by atoms with van der Waals surface area (Å²) in [7, 11) is 0. The number of carbonyl (C=O) groups excluding carboxylic acids is 3. The smallest absolute Gasteiger partial charge is 0.306 e. The minimum atomic E-state index is -0.818. The highest BCUT2D eigenvalue weighted by Gasteiger charge is 2.19.